The Balaban J connectivity index is 0.000000219. The van der Waals surface area contributed by atoms with Gasteiger partial charge in [-0.05, 0) is 121 Å². The van der Waals surface area contributed by atoms with Crippen molar-refractivity contribution in [3.05, 3.63) is 34.9 Å². The highest BCUT2D eigenvalue weighted by atomic mass is 32.2. The first-order valence-electron chi connectivity index (χ1n) is 24.4. The van der Waals surface area contributed by atoms with Crippen LogP contribution < -0.4 is 19.9 Å². The standard InChI is InChI=1S/C29H43NO5S.C23H35NO4S.2CH4/c1-27(2)10-6-11-28(3)23(27)9-12-29(4)24(28)19-36(32,33)22-18-20(17-21(34-5)26(22)29)7-8-25(31)30-13-15-35-16-14-30;1-21(2)9-7-10-22(3)16(21)8-11-23(4)17(22)13-29(25,26)20-18(23)14(27-5)12-15(28-6)19(20)24;;/h17-18,23-24H,6-16,19H2,1-5H3;12,16-17H,7-11,13,24H2,1-6H3;2*1H4/t23-,24+,28-,29+;16-,17+,22-,23+;;/m00../s1. The van der Waals surface area contributed by atoms with Crippen LogP contribution in [0.2, 0.25) is 0 Å². The van der Waals surface area contributed by atoms with E-state index in [4.69, 9.17) is 24.7 Å². The lowest BCUT2D eigenvalue weighted by Gasteiger charge is -2.63. The van der Waals surface area contributed by atoms with E-state index in [1.165, 1.54) is 20.0 Å². The molecular formula is C54H86N2O9S2. The molecular weight excluding hydrogens is 885 g/mol. The highest BCUT2D eigenvalue weighted by molar-refractivity contribution is 7.92. The van der Waals surface area contributed by atoms with E-state index < -0.39 is 19.7 Å². The molecule has 5 fully saturated rings. The highest BCUT2D eigenvalue weighted by Gasteiger charge is 2.64. The van der Waals surface area contributed by atoms with Crippen molar-refractivity contribution in [3.8, 4) is 17.2 Å². The normalized spacial score (nSPS) is 34.7. The molecule has 3 heterocycles. The quantitative estimate of drug-likeness (QED) is 0.277. The number of ether oxygens (including phenoxy) is 4. The van der Waals surface area contributed by atoms with Gasteiger partial charge in [0.2, 0.25) is 5.91 Å². The molecule has 67 heavy (non-hydrogen) atoms. The summed E-state index contributed by atoms with van der Waals surface area (Å²) < 4.78 is 77.4. The summed E-state index contributed by atoms with van der Waals surface area (Å²) >= 11 is 0. The first-order valence-corrected chi connectivity index (χ1v) is 27.7. The second-order valence-corrected chi connectivity index (χ2v) is 27.4. The zero-order valence-corrected chi connectivity index (χ0v) is 42.9. The lowest BCUT2D eigenvalue weighted by atomic mass is 9.42. The van der Waals surface area contributed by atoms with Crippen molar-refractivity contribution in [1.29, 1.82) is 0 Å². The molecule has 11 nitrogen and oxygen atoms in total. The number of nitrogens with two attached hydrogens (primary N) is 1. The van der Waals surface area contributed by atoms with Gasteiger partial charge in [-0.2, -0.15) is 0 Å². The Hall–Kier alpha value is -3.03. The SMILES string of the molecule is C.C.COc1cc(CCC(=O)N2CCOCC2)cc2c1[C@]1(C)CC[C@H]3C(C)(C)CCC[C@]3(C)[C@H]1CS2(=O)=O.COc1cc(OC)c2c(c1N)S(=O)(=O)C[C@@H]1[C@@]3(C)CCCC(C)(C)[C@@H]3CC[C@@]21C. The van der Waals surface area contributed by atoms with Crippen molar-refractivity contribution < 1.29 is 40.6 Å². The predicted molar refractivity (Wildman–Crippen MR) is 269 cm³/mol. The summed E-state index contributed by atoms with van der Waals surface area (Å²) in [6, 6.07) is 5.60. The van der Waals surface area contributed by atoms with Gasteiger partial charge >= 0.3 is 0 Å². The topological polar surface area (TPSA) is 152 Å². The van der Waals surface area contributed by atoms with Crippen LogP contribution >= 0.6 is 0 Å². The predicted octanol–water partition coefficient (Wildman–Crippen LogP) is 10.6. The molecule has 8 atom stereocenters. The molecule has 4 saturated carbocycles. The number of hydrogen-bond acceptors (Lipinski definition) is 10. The molecule has 1 amide bonds. The minimum Gasteiger partial charge on any atom is -0.496 e. The Kier molecular flexibility index (Phi) is 14.6. The Morgan fingerprint density at radius 2 is 1.13 bits per heavy atom. The lowest BCUT2D eigenvalue weighted by molar-refractivity contribution is -0.135. The molecule has 7 aliphatic rings. The second-order valence-electron chi connectivity index (χ2n) is 23.4. The first-order chi connectivity index (χ1) is 30.3. The number of rotatable bonds is 6. The number of fused-ring (bicyclic) bond motifs is 10. The van der Waals surface area contributed by atoms with Crippen LogP contribution in [0.1, 0.15) is 158 Å². The summed E-state index contributed by atoms with van der Waals surface area (Å²) in [6.45, 7) is 21.1. The van der Waals surface area contributed by atoms with E-state index in [9.17, 15) is 21.6 Å². The van der Waals surface area contributed by atoms with Crippen molar-refractivity contribution >= 4 is 31.3 Å². The highest BCUT2D eigenvalue weighted by Crippen LogP contribution is 2.69. The average Bonchev–Trinajstić information content (AvgIpc) is 3.24. The molecule has 378 valence electrons. The molecule has 0 radical (unpaired) electrons. The molecule has 1 saturated heterocycles. The van der Waals surface area contributed by atoms with Gasteiger partial charge < -0.3 is 29.6 Å². The third kappa shape index (κ3) is 8.50. The van der Waals surface area contributed by atoms with Gasteiger partial charge in [-0.3, -0.25) is 4.79 Å². The van der Waals surface area contributed by atoms with Crippen molar-refractivity contribution in [2.75, 3.05) is 64.9 Å². The number of carbonyl (C=O) groups is 1. The Bertz CT molecular complexity index is 2430. The first kappa shape index (κ1) is 53.3. The monoisotopic (exact) mass is 971 g/mol. The zero-order chi connectivity index (χ0) is 47.3. The minimum atomic E-state index is -3.56. The van der Waals surface area contributed by atoms with E-state index in [1.807, 2.05) is 17.0 Å². The summed E-state index contributed by atoms with van der Waals surface area (Å²) in [6.07, 6.45) is 11.9. The molecule has 0 bridgehead atoms. The Morgan fingerprint density at radius 3 is 1.64 bits per heavy atom. The molecule has 0 spiro atoms. The molecule has 2 aromatic carbocycles. The zero-order valence-electron chi connectivity index (χ0n) is 41.3. The summed E-state index contributed by atoms with van der Waals surface area (Å²) in [4.78, 5) is 15.2. The maximum absolute atomic E-state index is 13.9. The van der Waals surface area contributed by atoms with Gasteiger partial charge in [-0.15, -0.1) is 0 Å². The van der Waals surface area contributed by atoms with Crippen LogP contribution in [-0.4, -0.2) is 86.8 Å². The smallest absolute Gasteiger partial charge is 0.223 e. The van der Waals surface area contributed by atoms with Crippen LogP contribution in [-0.2, 0) is 46.5 Å². The maximum Gasteiger partial charge on any atom is 0.223 e. The molecule has 2 aromatic rings. The summed E-state index contributed by atoms with van der Waals surface area (Å²) in [5.74, 6) is 3.26. The second kappa shape index (κ2) is 18.3. The Morgan fingerprint density at radius 1 is 0.657 bits per heavy atom. The average molecular weight is 971 g/mol. The minimum absolute atomic E-state index is 0. The maximum atomic E-state index is 13.9. The van der Waals surface area contributed by atoms with E-state index in [1.54, 1.807) is 20.3 Å². The van der Waals surface area contributed by atoms with Gasteiger partial charge in [0.15, 0.2) is 19.7 Å². The third-order valence-electron chi connectivity index (χ3n) is 19.2. The number of benzene rings is 2. The van der Waals surface area contributed by atoms with Crippen LogP contribution in [0, 0.1) is 45.3 Å². The number of sulfone groups is 2. The van der Waals surface area contributed by atoms with E-state index in [0.717, 1.165) is 68.1 Å². The third-order valence-corrected chi connectivity index (χ3v) is 22.8. The number of amides is 1. The number of aryl methyl sites for hydroxylation is 1. The van der Waals surface area contributed by atoms with Crippen molar-refractivity contribution in [3.63, 3.8) is 0 Å². The fraction of sp³-hybridized carbons (Fsp3) is 0.759. The number of carbonyl (C=O) groups excluding carboxylic acids is 1. The molecule has 0 unspecified atom stereocenters. The van der Waals surface area contributed by atoms with Crippen LogP contribution in [0.5, 0.6) is 17.2 Å². The number of anilines is 1. The molecule has 0 aromatic heterocycles. The van der Waals surface area contributed by atoms with Crippen LogP contribution in [0.25, 0.3) is 0 Å². The van der Waals surface area contributed by atoms with E-state index >= 15 is 0 Å². The van der Waals surface area contributed by atoms with Crippen LogP contribution in [0.3, 0.4) is 0 Å². The van der Waals surface area contributed by atoms with Crippen molar-refractivity contribution in [1.82, 2.24) is 4.90 Å². The largest absolute Gasteiger partial charge is 0.496 e. The molecule has 13 heteroatoms. The fourth-order valence-corrected chi connectivity index (χ4v) is 20.8. The van der Waals surface area contributed by atoms with Gasteiger partial charge in [-0.25, -0.2) is 16.8 Å². The Labute approximate surface area is 405 Å². The van der Waals surface area contributed by atoms with Gasteiger partial charge in [0.05, 0.1) is 56.6 Å². The lowest BCUT2D eigenvalue weighted by Crippen LogP contribution is -2.60. The molecule has 2 N–H and O–H groups in total. The van der Waals surface area contributed by atoms with Crippen LogP contribution in [0.4, 0.5) is 5.69 Å². The summed E-state index contributed by atoms with van der Waals surface area (Å²) in [5, 5.41) is 0. The number of morpholine rings is 1. The number of methoxy groups -OCH3 is 3. The van der Waals surface area contributed by atoms with Gasteiger partial charge in [0.25, 0.3) is 0 Å². The van der Waals surface area contributed by atoms with Crippen molar-refractivity contribution in [2.24, 2.45) is 45.3 Å². The van der Waals surface area contributed by atoms with Gasteiger partial charge in [0, 0.05) is 47.5 Å². The van der Waals surface area contributed by atoms with Crippen LogP contribution in [0.15, 0.2) is 28.0 Å². The fourth-order valence-electron chi connectivity index (χ4n) is 16.1. The number of nitrogens with zero attached hydrogens (tertiary/aromatic N) is 1. The number of hydrogen-bond donors (Lipinski definition) is 1. The van der Waals surface area contributed by atoms with E-state index in [0.29, 0.717) is 73.1 Å². The van der Waals surface area contributed by atoms with E-state index in [2.05, 4.69) is 55.4 Å². The molecule has 9 rings (SSSR count). The molecule has 3 aliphatic heterocycles. The van der Waals surface area contributed by atoms with Gasteiger partial charge in [0.1, 0.15) is 22.1 Å². The summed E-state index contributed by atoms with van der Waals surface area (Å²) in [7, 11) is -2.29. The van der Waals surface area contributed by atoms with Crippen molar-refractivity contribution in [2.45, 2.75) is 168 Å². The summed E-state index contributed by atoms with van der Waals surface area (Å²) in [5.41, 5.74) is 9.00. The van der Waals surface area contributed by atoms with Gasteiger partial charge in [-0.1, -0.05) is 83.1 Å². The number of nitrogen functional groups attached to an aromatic ring is 1. The van der Waals surface area contributed by atoms with E-state index in [-0.39, 0.29) is 87.2 Å². The molecule has 4 aliphatic carbocycles.